The molecule has 12 heavy (non-hydrogen) atoms. The van der Waals surface area contributed by atoms with Gasteiger partial charge in [-0.1, -0.05) is 0 Å². The molecular formula is C7H7N5. The average Bonchev–Trinajstić information content (AvgIpc) is 2.56. The van der Waals surface area contributed by atoms with Crippen LogP contribution in [0.2, 0.25) is 0 Å². The van der Waals surface area contributed by atoms with Gasteiger partial charge in [-0.05, 0) is 6.07 Å². The number of nitrogens with zero attached hydrogens (tertiary/aromatic N) is 4. The van der Waals surface area contributed by atoms with Gasteiger partial charge >= 0.3 is 0 Å². The van der Waals surface area contributed by atoms with E-state index in [1.54, 1.807) is 29.3 Å². The molecule has 60 valence electrons. The molecule has 0 saturated carbocycles. The lowest BCUT2D eigenvalue weighted by Gasteiger charge is -1.98. The Morgan fingerprint density at radius 2 is 2.33 bits per heavy atom. The molecule has 0 aromatic carbocycles. The van der Waals surface area contributed by atoms with E-state index in [1.165, 1.54) is 6.33 Å². The van der Waals surface area contributed by atoms with E-state index in [1.807, 2.05) is 0 Å². The van der Waals surface area contributed by atoms with Crippen LogP contribution in [0.4, 0.5) is 5.69 Å². The third-order valence-electron chi connectivity index (χ3n) is 1.42. The van der Waals surface area contributed by atoms with Gasteiger partial charge in [-0.3, -0.25) is 0 Å². The Morgan fingerprint density at radius 1 is 1.42 bits per heavy atom. The molecule has 2 aromatic heterocycles. The van der Waals surface area contributed by atoms with Gasteiger partial charge in [-0.15, -0.1) is 0 Å². The van der Waals surface area contributed by atoms with Crippen molar-refractivity contribution in [1.29, 1.82) is 0 Å². The van der Waals surface area contributed by atoms with Crippen molar-refractivity contribution >= 4 is 5.69 Å². The summed E-state index contributed by atoms with van der Waals surface area (Å²) in [5.41, 5.74) is 6.23. The van der Waals surface area contributed by atoms with Crippen molar-refractivity contribution in [3.8, 4) is 5.82 Å². The van der Waals surface area contributed by atoms with Crippen LogP contribution in [0.3, 0.4) is 0 Å². The van der Waals surface area contributed by atoms with E-state index in [0.29, 0.717) is 11.5 Å². The Labute approximate surface area is 68.9 Å². The lowest BCUT2D eigenvalue weighted by molar-refractivity contribution is 0.846. The SMILES string of the molecule is Nc1ccnc(-n2cncn2)c1. The van der Waals surface area contributed by atoms with Gasteiger partial charge in [0.05, 0.1) is 0 Å². The minimum atomic E-state index is 0.663. The second-order valence-corrected chi connectivity index (χ2v) is 2.29. The van der Waals surface area contributed by atoms with Gasteiger partial charge in [0.2, 0.25) is 0 Å². The number of aromatic nitrogens is 4. The summed E-state index contributed by atoms with van der Waals surface area (Å²) >= 11 is 0. The molecule has 0 amide bonds. The minimum absolute atomic E-state index is 0.663. The summed E-state index contributed by atoms with van der Waals surface area (Å²) in [6.07, 6.45) is 4.65. The van der Waals surface area contributed by atoms with Gasteiger partial charge in [-0.2, -0.15) is 5.10 Å². The fraction of sp³-hybridized carbons (Fsp3) is 0. The van der Waals surface area contributed by atoms with E-state index in [2.05, 4.69) is 15.1 Å². The highest BCUT2D eigenvalue weighted by Crippen LogP contribution is 2.05. The molecule has 5 heteroatoms. The maximum atomic E-state index is 5.56. The summed E-state index contributed by atoms with van der Waals surface area (Å²) in [6.45, 7) is 0. The summed E-state index contributed by atoms with van der Waals surface area (Å²) < 4.78 is 1.55. The van der Waals surface area contributed by atoms with Gasteiger partial charge in [0, 0.05) is 18.0 Å². The zero-order valence-corrected chi connectivity index (χ0v) is 6.25. The minimum Gasteiger partial charge on any atom is -0.399 e. The molecular weight excluding hydrogens is 154 g/mol. The second kappa shape index (κ2) is 2.61. The van der Waals surface area contributed by atoms with Crippen molar-refractivity contribution in [2.75, 3.05) is 5.73 Å². The summed E-state index contributed by atoms with van der Waals surface area (Å²) in [4.78, 5) is 7.86. The van der Waals surface area contributed by atoms with E-state index in [-0.39, 0.29) is 0 Å². The predicted octanol–water partition coefficient (Wildman–Crippen LogP) is 0.245. The summed E-state index contributed by atoms with van der Waals surface area (Å²) in [6, 6.07) is 3.45. The Bertz CT molecular complexity index is 367. The van der Waals surface area contributed by atoms with Crippen LogP contribution in [0.1, 0.15) is 0 Å². The molecule has 0 unspecified atom stereocenters. The van der Waals surface area contributed by atoms with Gasteiger partial charge in [0.25, 0.3) is 0 Å². The topological polar surface area (TPSA) is 69.6 Å². The Kier molecular flexibility index (Phi) is 1.48. The summed E-state index contributed by atoms with van der Waals surface area (Å²) in [7, 11) is 0. The van der Waals surface area contributed by atoms with E-state index in [0.717, 1.165) is 0 Å². The van der Waals surface area contributed by atoms with Crippen LogP contribution >= 0.6 is 0 Å². The number of pyridine rings is 1. The summed E-state index contributed by atoms with van der Waals surface area (Å²) in [5.74, 6) is 0.674. The molecule has 0 spiro atoms. The third-order valence-corrected chi connectivity index (χ3v) is 1.42. The first-order chi connectivity index (χ1) is 5.86. The predicted molar refractivity (Wildman–Crippen MR) is 43.6 cm³/mol. The van der Waals surface area contributed by atoms with Crippen molar-refractivity contribution in [2.24, 2.45) is 0 Å². The molecule has 2 heterocycles. The van der Waals surface area contributed by atoms with Crippen molar-refractivity contribution in [3.63, 3.8) is 0 Å². The smallest absolute Gasteiger partial charge is 0.157 e. The molecule has 0 aliphatic rings. The molecule has 0 atom stereocenters. The number of hydrogen-bond donors (Lipinski definition) is 1. The number of rotatable bonds is 1. The standard InChI is InChI=1S/C7H7N5/c8-6-1-2-10-7(3-6)12-5-9-4-11-12/h1-5H,(H2,8,10). The van der Waals surface area contributed by atoms with Crippen molar-refractivity contribution in [3.05, 3.63) is 31.0 Å². The maximum Gasteiger partial charge on any atom is 0.157 e. The van der Waals surface area contributed by atoms with Crippen LogP contribution < -0.4 is 5.73 Å². The maximum absolute atomic E-state index is 5.56. The fourth-order valence-corrected chi connectivity index (χ4v) is 0.886. The first-order valence-corrected chi connectivity index (χ1v) is 3.43. The molecule has 0 aliphatic carbocycles. The van der Waals surface area contributed by atoms with Gasteiger partial charge < -0.3 is 5.73 Å². The molecule has 2 rings (SSSR count). The largest absolute Gasteiger partial charge is 0.399 e. The van der Waals surface area contributed by atoms with Gasteiger partial charge in [0.1, 0.15) is 12.7 Å². The average molecular weight is 161 g/mol. The Morgan fingerprint density at radius 3 is 3.00 bits per heavy atom. The number of nitrogen functional groups attached to an aromatic ring is 1. The number of anilines is 1. The van der Waals surface area contributed by atoms with E-state index < -0.39 is 0 Å². The lowest BCUT2D eigenvalue weighted by Crippen LogP contribution is -1.98. The molecule has 0 fully saturated rings. The van der Waals surface area contributed by atoms with Crippen molar-refractivity contribution in [2.45, 2.75) is 0 Å². The highest BCUT2D eigenvalue weighted by atomic mass is 15.3. The third kappa shape index (κ3) is 1.12. The van der Waals surface area contributed by atoms with Crippen molar-refractivity contribution in [1.82, 2.24) is 19.7 Å². The van der Waals surface area contributed by atoms with Crippen LogP contribution in [-0.4, -0.2) is 19.7 Å². The lowest BCUT2D eigenvalue weighted by atomic mass is 10.4. The highest BCUT2D eigenvalue weighted by Gasteiger charge is 1.96. The zero-order chi connectivity index (χ0) is 8.39. The van der Waals surface area contributed by atoms with Gasteiger partial charge in [0.15, 0.2) is 5.82 Å². The van der Waals surface area contributed by atoms with Crippen LogP contribution in [0, 0.1) is 0 Å². The molecule has 0 aliphatic heterocycles. The molecule has 0 radical (unpaired) electrons. The Balaban J connectivity index is 2.48. The van der Waals surface area contributed by atoms with Crippen LogP contribution in [-0.2, 0) is 0 Å². The Hall–Kier alpha value is -1.91. The monoisotopic (exact) mass is 161 g/mol. The van der Waals surface area contributed by atoms with Gasteiger partial charge in [-0.25, -0.2) is 14.6 Å². The first-order valence-electron chi connectivity index (χ1n) is 3.43. The molecule has 2 aromatic rings. The second-order valence-electron chi connectivity index (χ2n) is 2.29. The molecule has 0 bridgehead atoms. The molecule has 0 saturated heterocycles. The summed E-state index contributed by atoms with van der Waals surface area (Å²) in [5, 5.41) is 3.92. The van der Waals surface area contributed by atoms with E-state index in [9.17, 15) is 0 Å². The van der Waals surface area contributed by atoms with Crippen LogP contribution in [0.15, 0.2) is 31.0 Å². The number of nitrogens with two attached hydrogens (primary N) is 1. The van der Waals surface area contributed by atoms with Crippen molar-refractivity contribution < 1.29 is 0 Å². The van der Waals surface area contributed by atoms with E-state index in [4.69, 9.17) is 5.73 Å². The van der Waals surface area contributed by atoms with E-state index >= 15 is 0 Å². The van der Waals surface area contributed by atoms with Crippen LogP contribution in [0.25, 0.3) is 5.82 Å². The van der Waals surface area contributed by atoms with Crippen LogP contribution in [0.5, 0.6) is 0 Å². The highest BCUT2D eigenvalue weighted by molar-refractivity contribution is 5.41. The normalized spacial score (nSPS) is 10.0. The molecule has 5 nitrogen and oxygen atoms in total. The zero-order valence-electron chi connectivity index (χ0n) is 6.25. The number of hydrogen-bond acceptors (Lipinski definition) is 4. The quantitative estimate of drug-likeness (QED) is 0.650. The first kappa shape index (κ1) is 6.78. The fourth-order valence-electron chi connectivity index (χ4n) is 0.886. The molecule has 2 N–H and O–H groups in total.